The van der Waals surface area contributed by atoms with Crippen molar-refractivity contribution in [3.8, 4) is 5.69 Å². The maximum atomic E-state index is 6.16. The molecule has 0 aliphatic carbocycles. The highest BCUT2D eigenvalue weighted by Gasteiger charge is 2.21. The van der Waals surface area contributed by atoms with Crippen LogP contribution in [0.4, 0.5) is 0 Å². The number of rotatable bonds is 2. The summed E-state index contributed by atoms with van der Waals surface area (Å²) >= 11 is 6.16. The number of hydrogen-bond donors (Lipinski definition) is 1. The predicted octanol–water partition coefficient (Wildman–Crippen LogP) is 3.03. The standard InChI is InChI=1S/C13H16ClN3/c1-9-10(13(2,3)15)8-16-17(9)12-7-5-4-6-11(12)14/h4-8H,15H2,1-3H3. The van der Waals surface area contributed by atoms with Gasteiger partial charge >= 0.3 is 0 Å². The van der Waals surface area contributed by atoms with Crippen LogP contribution >= 0.6 is 11.6 Å². The summed E-state index contributed by atoms with van der Waals surface area (Å²) in [6.07, 6.45) is 1.80. The number of hydrogen-bond acceptors (Lipinski definition) is 2. The molecular formula is C13H16ClN3. The van der Waals surface area contributed by atoms with Crippen LogP contribution in [-0.4, -0.2) is 9.78 Å². The third kappa shape index (κ3) is 2.21. The van der Waals surface area contributed by atoms with E-state index in [0.29, 0.717) is 5.02 Å². The van der Waals surface area contributed by atoms with Crippen LogP contribution in [0.1, 0.15) is 25.1 Å². The van der Waals surface area contributed by atoms with Crippen molar-refractivity contribution in [3.05, 3.63) is 46.7 Å². The van der Waals surface area contributed by atoms with E-state index in [1.54, 1.807) is 6.20 Å². The van der Waals surface area contributed by atoms with Crippen molar-refractivity contribution in [3.63, 3.8) is 0 Å². The zero-order valence-corrected chi connectivity index (χ0v) is 11.0. The molecule has 0 radical (unpaired) electrons. The summed E-state index contributed by atoms with van der Waals surface area (Å²) in [6, 6.07) is 7.63. The van der Waals surface area contributed by atoms with Gasteiger partial charge < -0.3 is 5.73 Å². The van der Waals surface area contributed by atoms with E-state index in [0.717, 1.165) is 16.9 Å². The summed E-state index contributed by atoms with van der Waals surface area (Å²) in [5.41, 5.74) is 8.62. The van der Waals surface area contributed by atoms with Crippen LogP contribution in [0.3, 0.4) is 0 Å². The zero-order valence-electron chi connectivity index (χ0n) is 10.2. The molecule has 1 heterocycles. The lowest BCUT2D eigenvalue weighted by molar-refractivity contribution is 0.550. The maximum absolute atomic E-state index is 6.16. The number of halogens is 1. The average Bonchev–Trinajstić information content (AvgIpc) is 2.60. The van der Waals surface area contributed by atoms with Gasteiger partial charge in [0.15, 0.2) is 0 Å². The first-order valence-corrected chi connectivity index (χ1v) is 5.88. The lowest BCUT2D eigenvalue weighted by Crippen LogP contribution is -2.29. The topological polar surface area (TPSA) is 43.8 Å². The van der Waals surface area contributed by atoms with Gasteiger partial charge in [0.1, 0.15) is 0 Å². The third-order valence-corrected chi connectivity index (χ3v) is 3.10. The minimum atomic E-state index is -0.399. The lowest BCUT2D eigenvalue weighted by Gasteiger charge is -2.18. The molecule has 1 aromatic carbocycles. The average molecular weight is 250 g/mol. The maximum Gasteiger partial charge on any atom is 0.0834 e. The van der Waals surface area contributed by atoms with Crippen LogP contribution < -0.4 is 5.73 Å². The van der Waals surface area contributed by atoms with Crippen molar-refractivity contribution >= 4 is 11.6 Å². The summed E-state index contributed by atoms with van der Waals surface area (Å²) in [5.74, 6) is 0. The highest BCUT2D eigenvalue weighted by molar-refractivity contribution is 6.32. The molecule has 0 aliphatic heterocycles. The van der Waals surface area contributed by atoms with Crippen molar-refractivity contribution < 1.29 is 0 Å². The molecule has 4 heteroatoms. The van der Waals surface area contributed by atoms with Gasteiger partial charge in [-0.15, -0.1) is 0 Å². The Balaban J connectivity index is 2.56. The van der Waals surface area contributed by atoms with Crippen LogP contribution in [0.2, 0.25) is 5.02 Å². The molecule has 2 aromatic rings. The Bertz CT molecular complexity index is 538. The van der Waals surface area contributed by atoms with E-state index in [1.165, 1.54) is 0 Å². The molecule has 3 nitrogen and oxygen atoms in total. The van der Waals surface area contributed by atoms with Gasteiger partial charge in [0.2, 0.25) is 0 Å². The van der Waals surface area contributed by atoms with E-state index < -0.39 is 5.54 Å². The normalized spacial score (nSPS) is 11.8. The van der Waals surface area contributed by atoms with Gasteiger partial charge in [-0.1, -0.05) is 23.7 Å². The summed E-state index contributed by atoms with van der Waals surface area (Å²) < 4.78 is 1.83. The molecule has 2 rings (SSSR count). The van der Waals surface area contributed by atoms with Gasteiger partial charge in [-0.05, 0) is 32.9 Å². The first-order valence-electron chi connectivity index (χ1n) is 5.50. The smallest absolute Gasteiger partial charge is 0.0834 e. The second-order valence-electron chi connectivity index (χ2n) is 4.73. The van der Waals surface area contributed by atoms with Gasteiger partial charge in [0, 0.05) is 16.8 Å². The minimum Gasteiger partial charge on any atom is -0.322 e. The molecule has 0 amide bonds. The number of para-hydroxylation sites is 1. The Morgan fingerprint density at radius 2 is 1.94 bits per heavy atom. The molecule has 1 aromatic heterocycles. The molecule has 0 atom stereocenters. The minimum absolute atomic E-state index is 0.399. The summed E-state index contributed by atoms with van der Waals surface area (Å²) in [5, 5.41) is 5.05. The van der Waals surface area contributed by atoms with Gasteiger partial charge in [0.05, 0.1) is 16.9 Å². The van der Waals surface area contributed by atoms with Crippen molar-refractivity contribution in [1.29, 1.82) is 0 Å². The van der Waals surface area contributed by atoms with Crippen molar-refractivity contribution in [2.45, 2.75) is 26.3 Å². The van der Waals surface area contributed by atoms with E-state index in [9.17, 15) is 0 Å². The number of benzene rings is 1. The fourth-order valence-corrected chi connectivity index (χ4v) is 2.12. The first kappa shape index (κ1) is 12.1. The quantitative estimate of drug-likeness (QED) is 0.889. The Morgan fingerprint density at radius 3 is 2.47 bits per heavy atom. The molecule has 0 saturated heterocycles. The van der Waals surface area contributed by atoms with Crippen molar-refractivity contribution in [2.75, 3.05) is 0 Å². The van der Waals surface area contributed by atoms with E-state index >= 15 is 0 Å². The molecule has 2 N–H and O–H groups in total. The second-order valence-corrected chi connectivity index (χ2v) is 5.14. The van der Waals surface area contributed by atoms with Crippen LogP contribution in [0.5, 0.6) is 0 Å². The van der Waals surface area contributed by atoms with Crippen LogP contribution in [0, 0.1) is 6.92 Å². The first-order chi connectivity index (χ1) is 7.91. The highest BCUT2D eigenvalue weighted by Crippen LogP contribution is 2.26. The van der Waals surface area contributed by atoms with E-state index in [-0.39, 0.29) is 0 Å². The van der Waals surface area contributed by atoms with E-state index in [1.807, 2.05) is 49.7 Å². The molecule has 0 fully saturated rings. The summed E-state index contributed by atoms with van der Waals surface area (Å²) in [7, 11) is 0. The monoisotopic (exact) mass is 249 g/mol. The molecule has 0 spiro atoms. The lowest BCUT2D eigenvalue weighted by atomic mass is 9.97. The number of nitrogens with two attached hydrogens (primary N) is 1. The third-order valence-electron chi connectivity index (χ3n) is 2.78. The van der Waals surface area contributed by atoms with Gasteiger partial charge in [-0.2, -0.15) is 5.10 Å². The second kappa shape index (κ2) is 4.17. The predicted molar refractivity (Wildman–Crippen MR) is 70.5 cm³/mol. The Hall–Kier alpha value is -1.32. The molecule has 0 aliphatic rings. The fourth-order valence-electron chi connectivity index (χ4n) is 1.91. The van der Waals surface area contributed by atoms with Gasteiger partial charge in [-0.3, -0.25) is 0 Å². The van der Waals surface area contributed by atoms with Crippen LogP contribution in [0.15, 0.2) is 30.5 Å². The molecule has 0 saturated carbocycles. The summed E-state index contributed by atoms with van der Waals surface area (Å²) in [4.78, 5) is 0. The molecule has 90 valence electrons. The Kier molecular flexibility index (Phi) is 2.98. The van der Waals surface area contributed by atoms with Crippen LogP contribution in [-0.2, 0) is 5.54 Å². The Labute approximate surface area is 106 Å². The summed E-state index contributed by atoms with van der Waals surface area (Å²) in [6.45, 7) is 5.93. The highest BCUT2D eigenvalue weighted by atomic mass is 35.5. The van der Waals surface area contributed by atoms with E-state index in [4.69, 9.17) is 17.3 Å². The molecule has 0 unspecified atom stereocenters. The molecular weight excluding hydrogens is 234 g/mol. The molecule has 17 heavy (non-hydrogen) atoms. The Morgan fingerprint density at radius 1 is 1.29 bits per heavy atom. The number of aromatic nitrogens is 2. The molecule has 0 bridgehead atoms. The van der Waals surface area contributed by atoms with Gasteiger partial charge in [-0.25, -0.2) is 4.68 Å². The largest absolute Gasteiger partial charge is 0.322 e. The van der Waals surface area contributed by atoms with Crippen molar-refractivity contribution in [1.82, 2.24) is 9.78 Å². The van der Waals surface area contributed by atoms with Crippen molar-refractivity contribution in [2.24, 2.45) is 5.73 Å². The zero-order chi connectivity index (χ0) is 12.6. The number of nitrogens with zero attached hydrogens (tertiary/aromatic N) is 2. The SMILES string of the molecule is Cc1c(C(C)(C)N)cnn1-c1ccccc1Cl. The van der Waals surface area contributed by atoms with Crippen LogP contribution in [0.25, 0.3) is 5.69 Å². The van der Waals surface area contributed by atoms with E-state index in [2.05, 4.69) is 5.10 Å². The fraction of sp³-hybridized carbons (Fsp3) is 0.308. The van der Waals surface area contributed by atoms with Gasteiger partial charge in [0.25, 0.3) is 0 Å².